The molecule has 0 spiro atoms. The van der Waals surface area contributed by atoms with E-state index in [1.807, 2.05) is 13.8 Å². The van der Waals surface area contributed by atoms with Crippen molar-refractivity contribution in [2.24, 2.45) is 0 Å². The topological polar surface area (TPSA) is 80.6 Å². The first-order valence-electron chi connectivity index (χ1n) is 6.41. The molecule has 1 saturated heterocycles. The molecule has 0 bridgehead atoms. The van der Waals surface area contributed by atoms with Crippen LogP contribution in [0.1, 0.15) is 26.0 Å². The van der Waals surface area contributed by atoms with Gasteiger partial charge >= 0.3 is 0 Å². The molecule has 2 unspecified atom stereocenters. The van der Waals surface area contributed by atoms with Gasteiger partial charge in [-0.25, -0.2) is 13.1 Å². The molecular weight excluding hydrogens is 268 g/mol. The third-order valence-corrected chi connectivity index (χ3v) is 4.91. The fourth-order valence-electron chi connectivity index (χ4n) is 2.25. The largest absolute Gasteiger partial charge is 0.390 e. The van der Waals surface area contributed by atoms with Crippen molar-refractivity contribution in [3.8, 4) is 0 Å². The Morgan fingerprint density at radius 1 is 1.58 bits per heavy atom. The summed E-state index contributed by atoms with van der Waals surface area (Å²) in [6.45, 7) is 4.78. The highest BCUT2D eigenvalue weighted by molar-refractivity contribution is 7.89. The van der Waals surface area contributed by atoms with Crippen molar-refractivity contribution in [3.63, 3.8) is 0 Å². The Hall–Kier alpha value is -0.890. The number of hydrogen-bond acceptors (Lipinski definition) is 4. The van der Waals surface area contributed by atoms with Crippen molar-refractivity contribution in [3.05, 3.63) is 18.0 Å². The van der Waals surface area contributed by atoms with E-state index in [-0.39, 0.29) is 23.6 Å². The highest BCUT2D eigenvalue weighted by Gasteiger charge is 2.29. The van der Waals surface area contributed by atoms with Gasteiger partial charge in [-0.1, -0.05) is 0 Å². The molecular formula is C12H20N2O4S. The van der Waals surface area contributed by atoms with Crippen LogP contribution in [0.15, 0.2) is 17.2 Å². The minimum Gasteiger partial charge on any atom is -0.390 e. The minimum atomic E-state index is -3.56. The van der Waals surface area contributed by atoms with Gasteiger partial charge in [0.05, 0.1) is 23.6 Å². The number of aliphatic hydroxyl groups excluding tert-OH is 1. The highest BCUT2D eigenvalue weighted by atomic mass is 32.2. The molecule has 1 aromatic rings. The van der Waals surface area contributed by atoms with Gasteiger partial charge in [0.2, 0.25) is 10.0 Å². The Bertz CT molecular complexity index is 516. The number of nitrogens with zero attached hydrogens (tertiary/aromatic N) is 1. The maximum absolute atomic E-state index is 12.3. The van der Waals surface area contributed by atoms with Crippen molar-refractivity contribution >= 4 is 10.0 Å². The molecule has 2 heterocycles. The predicted molar refractivity (Wildman–Crippen MR) is 70.2 cm³/mol. The van der Waals surface area contributed by atoms with Crippen LogP contribution in [0.4, 0.5) is 0 Å². The average molecular weight is 288 g/mol. The summed E-state index contributed by atoms with van der Waals surface area (Å²) in [5.74, 6) is 0. The smallest absolute Gasteiger partial charge is 0.242 e. The van der Waals surface area contributed by atoms with Gasteiger partial charge in [0.25, 0.3) is 0 Å². The second kappa shape index (κ2) is 5.62. The zero-order valence-corrected chi connectivity index (χ0v) is 12.0. The van der Waals surface area contributed by atoms with Gasteiger partial charge in [0.15, 0.2) is 0 Å². The molecule has 1 aromatic heterocycles. The predicted octanol–water partition coefficient (Wildman–Crippen LogP) is 0.456. The fourth-order valence-corrected chi connectivity index (χ4v) is 3.65. The summed E-state index contributed by atoms with van der Waals surface area (Å²) < 4.78 is 34.3. The molecule has 2 atom stereocenters. The molecule has 19 heavy (non-hydrogen) atoms. The molecule has 0 amide bonds. The molecule has 1 aliphatic heterocycles. The van der Waals surface area contributed by atoms with Gasteiger partial charge < -0.3 is 14.4 Å². The van der Waals surface area contributed by atoms with Crippen LogP contribution >= 0.6 is 0 Å². The van der Waals surface area contributed by atoms with Crippen LogP contribution in [-0.2, 0) is 27.9 Å². The van der Waals surface area contributed by atoms with Crippen molar-refractivity contribution in [1.82, 2.24) is 9.29 Å². The van der Waals surface area contributed by atoms with Crippen molar-refractivity contribution < 1.29 is 18.3 Å². The third-order valence-electron chi connectivity index (χ3n) is 3.46. The zero-order chi connectivity index (χ0) is 14.0. The standard InChI is InChI=1S/C12H20N2O4S/c1-3-14-7-11(6-10(14)8-15)19(16,17)13-12-4-5-18-9(12)2/h6-7,9,12-13,15H,3-5,8H2,1-2H3. The molecule has 2 rings (SSSR count). The van der Waals surface area contributed by atoms with E-state index in [9.17, 15) is 13.5 Å². The van der Waals surface area contributed by atoms with Gasteiger partial charge in [-0.3, -0.25) is 0 Å². The molecule has 108 valence electrons. The molecule has 0 aliphatic carbocycles. The highest BCUT2D eigenvalue weighted by Crippen LogP contribution is 2.19. The van der Waals surface area contributed by atoms with Crippen LogP contribution in [0.5, 0.6) is 0 Å². The monoisotopic (exact) mass is 288 g/mol. The SMILES string of the molecule is CCn1cc(S(=O)(=O)NC2CCOC2C)cc1CO. The van der Waals surface area contributed by atoms with E-state index in [0.29, 0.717) is 25.3 Å². The molecule has 2 N–H and O–H groups in total. The Kier molecular flexibility index (Phi) is 4.29. The summed E-state index contributed by atoms with van der Waals surface area (Å²) in [7, 11) is -3.56. The average Bonchev–Trinajstić information content (AvgIpc) is 2.96. The lowest BCUT2D eigenvalue weighted by atomic mass is 10.2. The molecule has 0 aromatic carbocycles. The molecule has 0 saturated carbocycles. The maximum Gasteiger partial charge on any atom is 0.242 e. The number of aryl methyl sites for hydroxylation is 1. The summed E-state index contributed by atoms with van der Waals surface area (Å²) in [6, 6.07) is 1.32. The van der Waals surface area contributed by atoms with Gasteiger partial charge in [0, 0.05) is 25.0 Å². The molecule has 0 radical (unpaired) electrons. The van der Waals surface area contributed by atoms with Crippen molar-refractivity contribution in [2.45, 2.75) is 50.5 Å². The van der Waals surface area contributed by atoms with Gasteiger partial charge in [-0.15, -0.1) is 0 Å². The van der Waals surface area contributed by atoms with Gasteiger partial charge in [-0.05, 0) is 26.3 Å². The lowest BCUT2D eigenvalue weighted by molar-refractivity contribution is 0.117. The summed E-state index contributed by atoms with van der Waals surface area (Å²) in [5.41, 5.74) is 0.596. The molecule has 1 aliphatic rings. The molecule has 6 nitrogen and oxygen atoms in total. The first kappa shape index (κ1) is 14.5. The Morgan fingerprint density at radius 3 is 2.79 bits per heavy atom. The van der Waals surface area contributed by atoms with E-state index < -0.39 is 10.0 Å². The normalized spacial score (nSPS) is 23.9. The lowest BCUT2D eigenvalue weighted by Gasteiger charge is -2.15. The first-order valence-corrected chi connectivity index (χ1v) is 7.90. The van der Waals surface area contributed by atoms with Gasteiger partial charge in [0.1, 0.15) is 0 Å². The first-order chi connectivity index (χ1) is 8.97. The van der Waals surface area contributed by atoms with Crippen LogP contribution in [0, 0.1) is 0 Å². The molecule has 1 fully saturated rings. The summed E-state index contributed by atoms with van der Waals surface area (Å²) >= 11 is 0. The number of aromatic nitrogens is 1. The second-order valence-corrected chi connectivity index (χ2v) is 6.42. The van der Waals surface area contributed by atoms with E-state index in [2.05, 4.69) is 4.72 Å². The zero-order valence-electron chi connectivity index (χ0n) is 11.2. The van der Waals surface area contributed by atoms with E-state index in [0.717, 1.165) is 0 Å². The number of nitrogens with one attached hydrogen (secondary N) is 1. The van der Waals surface area contributed by atoms with Crippen LogP contribution in [0.2, 0.25) is 0 Å². The van der Waals surface area contributed by atoms with Gasteiger partial charge in [-0.2, -0.15) is 0 Å². The number of aliphatic hydroxyl groups is 1. The Morgan fingerprint density at radius 2 is 2.32 bits per heavy atom. The van der Waals surface area contributed by atoms with E-state index in [4.69, 9.17) is 4.74 Å². The van der Waals surface area contributed by atoms with Crippen LogP contribution in [-0.4, -0.2) is 36.8 Å². The van der Waals surface area contributed by atoms with Crippen LogP contribution < -0.4 is 4.72 Å². The van der Waals surface area contributed by atoms with E-state index >= 15 is 0 Å². The van der Waals surface area contributed by atoms with Crippen LogP contribution in [0.3, 0.4) is 0 Å². The summed E-state index contributed by atoms with van der Waals surface area (Å²) in [5, 5.41) is 9.20. The quantitative estimate of drug-likeness (QED) is 0.824. The maximum atomic E-state index is 12.3. The second-order valence-electron chi connectivity index (χ2n) is 4.70. The van der Waals surface area contributed by atoms with Crippen molar-refractivity contribution in [1.29, 1.82) is 0 Å². The van der Waals surface area contributed by atoms with E-state index in [1.54, 1.807) is 10.8 Å². The molecule has 7 heteroatoms. The number of hydrogen-bond donors (Lipinski definition) is 2. The Labute approximate surface area is 113 Å². The summed E-state index contributed by atoms with van der Waals surface area (Å²) in [4.78, 5) is 0.192. The number of ether oxygens (including phenoxy) is 1. The third kappa shape index (κ3) is 3.00. The minimum absolute atomic E-state index is 0.111. The van der Waals surface area contributed by atoms with Crippen molar-refractivity contribution in [2.75, 3.05) is 6.61 Å². The van der Waals surface area contributed by atoms with Crippen LogP contribution in [0.25, 0.3) is 0 Å². The summed E-state index contributed by atoms with van der Waals surface area (Å²) in [6.07, 6.45) is 2.12. The fraction of sp³-hybridized carbons (Fsp3) is 0.667. The number of rotatable bonds is 5. The van der Waals surface area contributed by atoms with E-state index in [1.165, 1.54) is 6.07 Å². The number of sulfonamides is 1. The Balaban J connectivity index is 2.21. The lowest BCUT2D eigenvalue weighted by Crippen LogP contribution is -2.38.